The largest absolute Gasteiger partial charge is 0.494 e. The number of halogens is 2. The Hall–Kier alpha value is -5.47. The monoisotopic (exact) mass is 619 g/mol. The summed E-state index contributed by atoms with van der Waals surface area (Å²) in [5, 5.41) is 13.5. The number of H-pyrrole nitrogens is 1. The summed E-state index contributed by atoms with van der Waals surface area (Å²) < 4.78 is 19.4. The number of carbonyl (C=O) groups excluding carboxylic acids is 1. The average molecular weight is 620 g/mol. The standard InChI is InChI=1S/C36H27ClFN3O4/c1-45-32-19-31-30(18-29(32)38)40-34(41-31)25-13-8-14-28(37)33(25)24-16-15-23(17-26(24)36(43)44)35(42)39-20-27(21-9-4-2-5-10-21)22-11-6-3-7-12-22/h2-19,27H,20H2,1H3,(H,39,42)(H,40,41)(H,43,44). The molecular formula is C36H27ClFN3O4. The molecule has 0 radical (unpaired) electrons. The summed E-state index contributed by atoms with van der Waals surface area (Å²) in [6.45, 7) is 0.309. The third-order valence-corrected chi connectivity index (χ3v) is 7.99. The summed E-state index contributed by atoms with van der Waals surface area (Å²) in [5.74, 6) is -1.87. The van der Waals surface area contributed by atoms with E-state index in [-0.39, 0.29) is 27.8 Å². The zero-order chi connectivity index (χ0) is 31.5. The highest BCUT2D eigenvalue weighted by Gasteiger charge is 2.23. The number of aromatic amines is 1. The van der Waals surface area contributed by atoms with Gasteiger partial charge in [0, 0.05) is 46.3 Å². The van der Waals surface area contributed by atoms with Crippen LogP contribution in [0.25, 0.3) is 33.5 Å². The lowest BCUT2D eigenvalue weighted by atomic mass is 9.91. The van der Waals surface area contributed by atoms with Crippen molar-refractivity contribution in [3.8, 4) is 28.3 Å². The highest BCUT2D eigenvalue weighted by atomic mass is 35.5. The SMILES string of the molecule is COc1cc2[nH]c(-c3cccc(Cl)c3-c3ccc(C(=O)NCC(c4ccccc4)c4ccccc4)cc3C(=O)O)nc2cc1F. The molecule has 6 rings (SSSR count). The van der Waals surface area contributed by atoms with E-state index in [4.69, 9.17) is 16.3 Å². The lowest BCUT2D eigenvalue weighted by Gasteiger charge is -2.19. The van der Waals surface area contributed by atoms with Crippen molar-refractivity contribution < 1.29 is 23.8 Å². The number of methoxy groups -OCH3 is 1. The maximum absolute atomic E-state index is 14.4. The van der Waals surface area contributed by atoms with Crippen molar-refractivity contribution in [3.63, 3.8) is 0 Å². The normalized spacial score (nSPS) is 11.1. The van der Waals surface area contributed by atoms with Crippen molar-refractivity contribution in [3.05, 3.63) is 142 Å². The van der Waals surface area contributed by atoms with E-state index in [1.165, 1.54) is 25.3 Å². The van der Waals surface area contributed by atoms with Gasteiger partial charge in [0.1, 0.15) is 5.82 Å². The predicted octanol–water partition coefficient (Wildman–Crippen LogP) is 7.96. The molecule has 0 bridgehead atoms. The van der Waals surface area contributed by atoms with Crippen molar-refractivity contribution in [1.82, 2.24) is 15.3 Å². The Bertz CT molecular complexity index is 1990. The molecule has 224 valence electrons. The molecule has 0 aliphatic heterocycles. The number of rotatable bonds is 9. The number of imidazole rings is 1. The first-order valence-electron chi connectivity index (χ1n) is 14.1. The predicted molar refractivity (Wildman–Crippen MR) is 173 cm³/mol. The first-order valence-corrected chi connectivity index (χ1v) is 14.5. The Kier molecular flexibility index (Phi) is 8.31. The van der Waals surface area contributed by atoms with Crippen LogP contribution in [0.3, 0.4) is 0 Å². The van der Waals surface area contributed by atoms with E-state index in [1.54, 1.807) is 30.3 Å². The van der Waals surface area contributed by atoms with Crippen molar-refractivity contribution in [2.24, 2.45) is 0 Å². The molecule has 0 saturated carbocycles. The molecule has 3 N–H and O–H groups in total. The van der Waals surface area contributed by atoms with Crippen LogP contribution in [0.15, 0.2) is 109 Å². The summed E-state index contributed by atoms with van der Waals surface area (Å²) in [4.78, 5) is 33.6. The molecule has 45 heavy (non-hydrogen) atoms. The molecule has 6 aromatic rings. The molecule has 0 aliphatic rings. The van der Waals surface area contributed by atoms with Gasteiger partial charge >= 0.3 is 5.97 Å². The van der Waals surface area contributed by atoms with Crippen LogP contribution in [0.1, 0.15) is 37.8 Å². The van der Waals surface area contributed by atoms with Gasteiger partial charge in [0.25, 0.3) is 5.91 Å². The van der Waals surface area contributed by atoms with E-state index < -0.39 is 17.7 Å². The van der Waals surface area contributed by atoms with Crippen LogP contribution in [-0.4, -0.2) is 40.6 Å². The molecule has 1 amide bonds. The van der Waals surface area contributed by atoms with Gasteiger partial charge in [0.2, 0.25) is 0 Å². The Morgan fingerprint density at radius 2 is 1.60 bits per heavy atom. The number of carbonyl (C=O) groups is 2. The number of nitrogens with one attached hydrogen (secondary N) is 2. The van der Waals surface area contributed by atoms with Gasteiger partial charge in [-0.1, -0.05) is 90.5 Å². The minimum Gasteiger partial charge on any atom is -0.494 e. The highest BCUT2D eigenvalue weighted by Crippen LogP contribution is 2.39. The summed E-state index contributed by atoms with van der Waals surface area (Å²) in [6, 6.07) is 32.1. The summed E-state index contributed by atoms with van der Waals surface area (Å²) in [7, 11) is 1.37. The number of hydrogen-bond acceptors (Lipinski definition) is 4. The Labute approximate surface area is 263 Å². The van der Waals surface area contributed by atoms with Crippen LogP contribution in [0, 0.1) is 5.82 Å². The molecule has 0 spiro atoms. The molecule has 0 atom stereocenters. The summed E-state index contributed by atoms with van der Waals surface area (Å²) in [5.41, 5.74) is 4.28. The molecule has 9 heteroatoms. The Morgan fingerprint density at radius 1 is 0.911 bits per heavy atom. The third-order valence-electron chi connectivity index (χ3n) is 7.68. The summed E-state index contributed by atoms with van der Waals surface area (Å²) in [6.07, 6.45) is 0. The zero-order valence-corrected chi connectivity index (χ0v) is 24.8. The Balaban J connectivity index is 1.34. The fourth-order valence-corrected chi connectivity index (χ4v) is 5.74. The van der Waals surface area contributed by atoms with E-state index in [1.807, 2.05) is 60.7 Å². The first kappa shape index (κ1) is 29.6. The second kappa shape index (κ2) is 12.6. The number of amides is 1. The maximum atomic E-state index is 14.4. The lowest BCUT2D eigenvalue weighted by molar-refractivity contribution is 0.0697. The van der Waals surface area contributed by atoms with Gasteiger partial charge in [-0.3, -0.25) is 4.79 Å². The quantitative estimate of drug-likeness (QED) is 0.152. The highest BCUT2D eigenvalue weighted by molar-refractivity contribution is 6.34. The second-order valence-electron chi connectivity index (χ2n) is 10.4. The van der Waals surface area contributed by atoms with Gasteiger partial charge < -0.3 is 20.1 Å². The lowest BCUT2D eigenvalue weighted by Crippen LogP contribution is -2.29. The summed E-state index contributed by atoms with van der Waals surface area (Å²) >= 11 is 6.67. The fraction of sp³-hybridized carbons (Fsp3) is 0.0833. The molecule has 0 unspecified atom stereocenters. The topological polar surface area (TPSA) is 104 Å². The van der Waals surface area contributed by atoms with E-state index >= 15 is 0 Å². The molecule has 0 saturated heterocycles. The van der Waals surface area contributed by atoms with E-state index in [0.29, 0.717) is 40.1 Å². The second-order valence-corrected chi connectivity index (χ2v) is 10.8. The van der Waals surface area contributed by atoms with Gasteiger partial charge in [0.15, 0.2) is 11.6 Å². The van der Waals surface area contributed by atoms with Crippen LogP contribution < -0.4 is 10.1 Å². The van der Waals surface area contributed by atoms with Gasteiger partial charge in [-0.05, 0) is 34.9 Å². The van der Waals surface area contributed by atoms with Crippen LogP contribution in [0.2, 0.25) is 5.02 Å². The number of ether oxygens (including phenoxy) is 1. The number of hydrogen-bond donors (Lipinski definition) is 3. The smallest absolute Gasteiger partial charge is 0.336 e. The molecule has 0 aliphatic carbocycles. The molecule has 1 aromatic heterocycles. The van der Waals surface area contributed by atoms with Crippen LogP contribution >= 0.6 is 11.6 Å². The number of carboxylic acid groups (broad SMARTS) is 1. The van der Waals surface area contributed by atoms with Crippen LogP contribution in [-0.2, 0) is 0 Å². The van der Waals surface area contributed by atoms with E-state index in [2.05, 4.69) is 15.3 Å². The fourth-order valence-electron chi connectivity index (χ4n) is 5.47. The van der Waals surface area contributed by atoms with Crippen LogP contribution in [0.4, 0.5) is 4.39 Å². The van der Waals surface area contributed by atoms with E-state index in [9.17, 15) is 19.1 Å². The molecular weight excluding hydrogens is 593 g/mol. The van der Waals surface area contributed by atoms with Crippen molar-refractivity contribution in [1.29, 1.82) is 0 Å². The van der Waals surface area contributed by atoms with E-state index in [0.717, 1.165) is 11.1 Å². The first-order chi connectivity index (χ1) is 21.8. The number of carboxylic acids is 1. The number of aromatic carboxylic acids is 1. The molecule has 0 fully saturated rings. The number of nitrogens with zero attached hydrogens (tertiary/aromatic N) is 1. The van der Waals surface area contributed by atoms with Gasteiger partial charge in [-0.15, -0.1) is 0 Å². The van der Waals surface area contributed by atoms with Gasteiger partial charge in [-0.25, -0.2) is 14.2 Å². The van der Waals surface area contributed by atoms with Crippen molar-refractivity contribution >= 4 is 34.5 Å². The number of benzene rings is 5. The molecule has 1 heterocycles. The number of aromatic nitrogens is 2. The van der Waals surface area contributed by atoms with Gasteiger partial charge in [0.05, 0.1) is 23.7 Å². The minimum atomic E-state index is -1.23. The molecule has 7 nitrogen and oxygen atoms in total. The molecule has 5 aromatic carbocycles. The zero-order valence-electron chi connectivity index (χ0n) is 24.1. The van der Waals surface area contributed by atoms with Crippen molar-refractivity contribution in [2.75, 3.05) is 13.7 Å². The third kappa shape index (κ3) is 6.01. The number of fused-ring (bicyclic) bond motifs is 1. The minimum absolute atomic E-state index is 0.0601. The van der Waals surface area contributed by atoms with Crippen LogP contribution in [0.5, 0.6) is 5.75 Å². The van der Waals surface area contributed by atoms with Crippen molar-refractivity contribution in [2.45, 2.75) is 5.92 Å². The average Bonchev–Trinajstić information content (AvgIpc) is 3.47. The maximum Gasteiger partial charge on any atom is 0.336 e. The van der Waals surface area contributed by atoms with Gasteiger partial charge in [-0.2, -0.15) is 0 Å². The Morgan fingerprint density at radius 3 is 2.24 bits per heavy atom.